The van der Waals surface area contributed by atoms with E-state index in [9.17, 15) is 14.4 Å². The van der Waals surface area contributed by atoms with E-state index in [1.807, 2.05) is 76.7 Å². The monoisotopic (exact) mass is 573 g/mol. The van der Waals surface area contributed by atoms with Crippen molar-refractivity contribution in [2.75, 3.05) is 26.3 Å². The van der Waals surface area contributed by atoms with Crippen LogP contribution in [-0.2, 0) is 23.9 Å². The zero-order valence-corrected chi connectivity index (χ0v) is 24.5. The van der Waals surface area contributed by atoms with Crippen LogP contribution in [-0.4, -0.2) is 59.1 Å². The van der Waals surface area contributed by atoms with Gasteiger partial charge in [0.05, 0.1) is 42.9 Å². The van der Waals surface area contributed by atoms with Crippen molar-refractivity contribution in [2.45, 2.75) is 46.1 Å². The maximum absolute atomic E-state index is 13.6. The number of aryl methyl sites for hydroxylation is 1. The SMILES string of the molecule is CCOC(=O)C1=C(c2ccccc2)N=C2SC=C(CC(=O)N3CCC(C(=O)OCC)CC3)N2C1c1ccc(C)cc1. The van der Waals surface area contributed by atoms with Crippen molar-refractivity contribution >= 4 is 40.5 Å². The number of esters is 2. The predicted octanol–water partition coefficient (Wildman–Crippen LogP) is 5.46. The third kappa shape index (κ3) is 6.10. The molecule has 0 radical (unpaired) electrons. The van der Waals surface area contributed by atoms with Gasteiger partial charge in [0.2, 0.25) is 5.91 Å². The van der Waals surface area contributed by atoms with Gasteiger partial charge in [-0.15, -0.1) is 0 Å². The lowest BCUT2D eigenvalue weighted by Gasteiger charge is -2.37. The number of carbonyl (C=O) groups excluding carboxylic acids is 3. The molecular formula is C32H35N3O5S. The Bertz CT molecular complexity index is 1390. The van der Waals surface area contributed by atoms with Crippen molar-refractivity contribution in [3.05, 3.63) is 88.0 Å². The zero-order valence-electron chi connectivity index (χ0n) is 23.7. The Hall–Kier alpha value is -3.85. The molecule has 0 saturated carbocycles. The number of carbonyl (C=O) groups is 3. The van der Waals surface area contributed by atoms with Gasteiger partial charge in [-0.3, -0.25) is 9.59 Å². The topological polar surface area (TPSA) is 88.5 Å². The van der Waals surface area contributed by atoms with Crippen molar-refractivity contribution < 1.29 is 23.9 Å². The summed E-state index contributed by atoms with van der Waals surface area (Å²) in [5.74, 6) is -0.792. The molecule has 1 atom stereocenters. The van der Waals surface area contributed by atoms with Gasteiger partial charge in [0.25, 0.3) is 0 Å². The number of ether oxygens (including phenoxy) is 2. The highest BCUT2D eigenvalue weighted by Gasteiger charge is 2.42. The molecule has 0 spiro atoms. The molecular weight excluding hydrogens is 538 g/mol. The van der Waals surface area contributed by atoms with E-state index in [4.69, 9.17) is 14.5 Å². The van der Waals surface area contributed by atoms with E-state index < -0.39 is 12.0 Å². The number of hydrogen-bond acceptors (Lipinski definition) is 8. The average molecular weight is 574 g/mol. The quantitative estimate of drug-likeness (QED) is 0.388. The van der Waals surface area contributed by atoms with E-state index in [1.54, 1.807) is 13.8 Å². The Labute approximate surface area is 245 Å². The second kappa shape index (κ2) is 12.8. The lowest BCUT2D eigenvalue weighted by atomic mass is 9.91. The summed E-state index contributed by atoms with van der Waals surface area (Å²) in [6, 6.07) is 17.2. The summed E-state index contributed by atoms with van der Waals surface area (Å²) >= 11 is 1.46. The van der Waals surface area contributed by atoms with Crippen LogP contribution < -0.4 is 0 Å². The van der Waals surface area contributed by atoms with Gasteiger partial charge in [0.15, 0.2) is 5.17 Å². The molecule has 0 N–H and O–H groups in total. The number of hydrogen-bond donors (Lipinski definition) is 0. The molecule has 5 rings (SSSR count). The second-order valence-corrected chi connectivity index (χ2v) is 11.1. The maximum Gasteiger partial charge on any atom is 0.338 e. The van der Waals surface area contributed by atoms with Crippen LogP contribution in [0.4, 0.5) is 0 Å². The van der Waals surface area contributed by atoms with Crippen molar-refractivity contribution in [3.63, 3.8) is 0 Å². The minimum atomic E-state index is -0.513. The van der Waals surface area contributed by atoms with Gasteiger partial charge in [-0.25, -0.2) is 9.79 Å². The van der Waals surface area contributed by atoms with Crippen molar-refractivity contribution in [3.8, 4) is 0 Å². The number of thioether (sulfide) groups is 1. The smallest absolute Gasteiger partial charge is 0.338 e. The maximum atomic E-state index is 13.6. The van der Waals surface area contributed by atoms with Gasteiger partial charge in [0.1, 0.15) is 0 Å². The highest BCUT2D eigenvalue weighted by atomic mass is 32.2. The minimum Gasteiger partial charge on any atom is -0.466 e. The molecule has 9 heteroatoms. The molecule has 2 aromatic rings. The molecule has 1 amide bonds. The number of aliphatic imine (C=N–C) groups is 1. The van der Waals surface area contributed by atoms with Crippen molar-refractivity contribution in [1.82, 2.24) is 9.80 Å². The first-order chi connectivity index (χ1) is 19.9. The highest BCUT2D eigenvalue weighted by molar-refractivity contribution is 8.16. The van der Waals surface area contributed by atoms with Gasteiger partial charge in [-0.05, 0) is 44.6 Å². The molecule has 0 aliphatic carbocycles. The van der Waals surface area contributed by atoms with Gasteiger partial charge in [-0.1, -0.05) is 71.9 Å². The van der Waals surface area contributed by atoms with E-state index in [2.05, 4.69) is 0 Å². The molecule has 41 heavy (non-hydrogen) atoms. The first kappa shape index (κ1) is 28.7. The fourth-order valence-electron chi connectivity index (χ4n) is 5.44. The number of nitrogens with zero attached hydrogens (tertiary/aromatic N) is 3. The van der Waals surface area contributed by atoms with Gasteiger partial charge < -0.3 is 19.3 Å². The third-order valence-electron chi connectivity index (χ3n) is 7.55. The van der Waals surface area contributed by atoms with Gasteiger partial charge in [0, 0.05) is 24.4 Å². The minimum absolute atomic E-state index is 0.0152. The lowest BCUT2D eigenvalue weighted by Crippen LogP contribution is -2.42. The van der Waals surface area contributed by atoms with Crippen LogP contribution in [0.2, 0.25) is 0 Å². The number of benzene rings is 2. The third-order valence-corrected chi connectivity index (χ3v) is 8.43. The number of rotatable bonds is 8. The number of likely N-dealkylation sites (tertiary alicyclic amines) is 1. The van der Waals surface area contributed by atoms with Crippen LogP contribution in [0.15, 0.2) is 76.3 Å². The van der Waals surface area contributed by atoms with Crippen LogP contribution >= 0.6 is 11.8 Å². The lowest BCUT2D eigenvalue weighted by molar-refractivity contribution is -0.151. The second-order valence-electron chi connectivity index (χ2n) is 10.2. The molecule has 1 fully saturated rings. The summed E-state index contributed by atoms with van der Waals surface area (Å²) in [5, 5.41) is 2.67. The van der Waals surface area contributed by atoms with Gasteiger partial charge >= 0.3 is 11.9 Å². The van der Waals surface area contributed by atoms with E-state index >= 15 is 0 Å². The molecule has 3 aliphatic rings. The van der Waals surface area contributed by atoms with E-state index in [-0.39, 0.29) is 30.8 Å². The molecule has 0 bridgehead atoms. The zero-order chi connectivity index (χ0) is 28.9. The van der Waals surface area contributed by atoms with Crippen LogP contribution in [0.1, 0.15) is 55.8 Å². The number of amides is 1. The first-order valence-corrected chi connectivity index (χ1v) is 15.0. The summed E-state index contributed by atoms with van der Waals surface area (Å²) in [5.41, 5.74) is 4.66. The summed E-state index contributed by atoms with van der Waals surface area (Å²) in [4.78, 5) is 48.1. The number of piperidine rings is 1. The van der Waals surface area contributed by atoms with Crippen LogP contribution in [0.3, 0.4) is 0 Å². The standard InChI is InChI=1S/C32H35N3O5S/c1-4-39-30(37)24-15-17-34(18-16-24)26(36)19-25-20-41-32-33-28(22-9-7-6-8-10-22)27(31(38)40-5-2)29(35(25)32)23-13-11-21(3)12-14-23/h6-14,20,24,29H,4-5,15-19H2,1-3H3. The van der Waals surface area contributed by atoms with Crippen LogP contribution in [0.25, 0.3) is 5.70 Å². The van der Waals surface area contributed by atoms with Crippen LogP contribution in [0, 0.1) is 12.8 Å². The largest absolute Gasteiger partial charge is 0.466 e. The molecule has 2 aromatic carbocycles. The first-order valence-electron chi connectivity index (χ1n) is 14.1. The fraction of sp³-hybridized carbons (Fsp3) is 0.375. The van der Waals surface area contributed by atoms with E-state index in [1.165, 1.54) is 11.8 Å². The highest BCUT2D eigenvalue weighted by Crippen LogP contribution is 2.47. The molecule has 3 aliphatic heterocycles. The Morgan fingerprint density at radius 2 is 1.63 bits per heavy atom. The number of amidine groups is 1. The summed E-state index contributed by atoms with van der Waals surface area (Å²) in [6.07, 6.45) is 1.35. The van der Waals surface area contributed by atoms with E-state index in [0.29, 0.717) is 49.0 Å². The Kier molecular flexibility index (Phi) is 8.93. The molecule has 8 nitrogen and oxygen atoms in total. The van der Waals surface area contributed by atoms with Crippen LogP contribution in [0.5, 0.6) is 0 Å². The van der Waals surface area contributed by atoms with E-state index in [0.717, 1.165) is 22.4 Å². The fourth-order valence-corrected chi connectivity index (χ4v) is 6.36. The summed E-state index contributed by atoms with van der Waals surface area (Å²) in [6.45, 7) is 7.24. The summed E-state index contributed by atoms with van der Waals surface area (Å²) in [7, 11) is 0. The van der Waals surface area contributed by atoms with Crippen molar-refractivity contribution in [1.29, 1.82) is 0 Å². The molecule has 214 valence electrons. The molecule has 1 unspecified atom stereocenters. The number of fused-ring (bicyclic) bond motifs is 1. The average Bonchev–Trinajstić information content (AvgIpc) is 3.39. The Morgan fingerprint density at radius 1 is 0.951 bits per heavy atom. The van der Waals surface area contributed by atoms with Gasteiger partial charge in [-0.2, -0.15) is 0 Å². The Balaban J connectivity index is 1.46. The normalized spacial score (nSPS) is 19.0. The molecule has 0 aromatic heterocycles. The molecule has 3 heterocycles. The predicted molar refractivity (Wildman–Crippen MR) is 159 cm³/mol. The van der Waals surface area contributed by atoms with Crippen molar-refractivity contribution in [2.24, 2.45) is 10.9 Å². The summed E-state index contributed by atoms with van der Waals surface area (Å²) < 4.78 is 10.8. The Morgan fingerprint density at radius 3 is 2.29 bits per heavy atom. The molecule has 1 saturated heterocycles.